The van der Waals surface area contributed by atoms with Crippen molar-refractivity contribution < 1.29 is 4.74 Å². The zero-order chi connectivity index (χ0) is 16.7. The number of nitriles is 1. The second kappa shape index (κ2) is 8.60. The highest BCUT2D eigenvalue weighted by Crippen LogP contribution is 2.28. The normalized spacial score (nSPS) is 11.7. The van der Waals surface area contributed by atoms with E-state index in [9.17, 15) is 0 Å². The molecule has 0 spiro atoms. The number of hydrogen-bond donors (Lipinski definition) is 0. The van der Waals surface area contributed by atoms with Crippen LogP contribution in [0.1, 0.15) is 48.8 Å². The molecular formula is C20H22ClNO. The van der Waals surface area contributed by atoms with Gasteiger partial charge in [-0.15, -0.1) is 0 Å². The van der Waals surface area contributed by atoms with E-state index < -0.39 is 0 Å². The largest absolute Gasteiger partial charge is 0.497 e. The van der Waals surface area contributed by atoms with Crippen molar-refractivity contribution in [1.29, 1.82) is 5.26 Å². The molecule has 2 aromatic rings. The van der Waals surface area contributed by atoms with Crippen LogP contribution in [0.3, 0.4) is 0 Å². The van der Waals surface area contributed by atoms with Crippen molar-refractivity contribution in [3.63, 3.8) is 0 Å². The van der Waals surface area contributed by atoms with Crippen LogP contribution in [-0.2, 0) is 6.42 Å². The molecule has 0 radical (unpaired) electrons. The van der Waals surface area contributed by atoms with Gasteiger partial charge in [-0.3, -0.25) is 0 Å². The lowest BCUT2D eigenvalue weighted by Crippen LogP contribution is -1.96. The SMILES string of the molecule is COc1cc(C#N)cc(CCCCC(C)c2ccccc2Cl)c1. The van der Waals surface area contributed by atoms with Crippen molar-refractivity contribution in [2.75, 3.05) is 7.11 Å². The fourth-order valence-electron chi connectivity index (χ4n) is 2.80. The zero-order valence-corrected chi connectivity index (χ0v) is 14.4. The highest BCUT2D eigenvalue weighted by atomic mass is 35.5. The van der Waals surface area contributed by atoms with Gasteiger partial charge in [-0.2, -0.15) is 5.26 Å². The van der Waals surface area contributed by atoms with Gasteiger partial charge in [0.25, 0.3) is 0 Å². The van der Waals surface area contributed by atoms with Crippen LogP contribution in [0.2, 0.25) is 5.02 Å². The van der Waals surface area contributed by atoms with Crippen LogP contribution in [0.15, 0.2) is 42.5 Å². The number of rotatable bonds is 7. The first-order valence-electron chi connectivity index (χ1n) is 7.96. The summed E-state index contributed by atoms with van der Waals surface area (Å²) in [6.07, 6.45) is 4.29. The molecule has 0 aliphatic heterocycles. The van der Waals surface area contributed by atoms with Crippen molar-refractivity contribution in [2.45, 2.75) is 38.5 Å². The highest BCUT2D eigenvalue weighted by molar-refractivity contribution is 6.31. The quantitative estimate of drug-likeness (QED) is 0.608. The van der Waals surface area contributed by atoms with Crippen molar-refractivity contribution in [2.24, 2.45) is 0 Å². The van der Waals surface area contributed by atoms with Gasteiger partial charge >= 0.3 is 0 Å². The minimum atomic E-state index is 0.462. The van der Waals surface area contributed by atoms with Crippen LogP contribution in [0.5, 0.6) is 5.75 Å². The molecular weight excluding hydrogens is 306 g/mol. The average Bonchev–Trinajstić information content (AvgIpc) is 2.58. The smallest absolute Gasteiger partial charge is 0.120 e. The average molecular weight is 328 g/mol. The molecule has 23 heavy (non-hydrogen) atoms. The summed E-state index contributed by atoms with van der Waals surface area (Å²) in [4.78, 5) is 0. The summed E-state index contributed by atoms with van der Waals surface area (Å²) in [5.41, 5.74) is 3.04. The molecule has 0 aliphatic carbocycles. The van der Waals surface area contributed by atoms with Gasteiger partial charge in [-0.25, -0.2) is 0 Å². The van der Waals surface area contributed by atoms with E-state index in [1.807, 2.05) is 30.3 Å². The van der Waals surface area contributed by atoms with Crippen molar-refractivity contribution in [3.05, 3.63) is 64.2 Å². The molecule has 0 heterocycles. The fraction of sp³-hybridized carbons (Fsp3) is 0.350. The van der Waals surface area contributed by atoms with Crippen LogP contribution < -0.4 is 4.74 Å². The molecule has 0 amide bonds. The lowest BCUT2D eigenvalue weighted by molar-refractivity contribution is 0.414. The summed E-state index contributed by atoms with van der Waals surface area (Å²) in [6, 6.07) is 16.0. The molecule has 0 fully saturated rings. The second-order valence-corrected chi connectivity index (χ2v) is 6.26. The van der Waals surface area contributed by atoms with Crippen molar-refractivity contribution in [1.82, 2.24) is 0 Å². The first-order valence-corrected chi connectivity index (χ1v) is 8.34. The lowest BCUT2D eigenvalue weighted by atomic mass is 9.94. The summed E-state index contributed by atoms with van der Waals surface area (Å²) < 4.78 is 5.25. The number of unbranched alkanes of at least 4 members (excludes halogenated alkanes) is 1. The number of methoxy groups -OCH3 is 1. The van der Waals surface area contributed by atoms with Gasteiger partial charge in [-0.05, 0) is 60.6 Å². The molecule has 0 saturated heterocycles. The van der Waals surface area contributed by atoms with E-state index in [-0.39, 0.29) is 0 Å². The third kappa shape index (κ3) is 5.01. The maximum absolute atomic E-state index is 9.06. The van der Waals surface area contributed by atoms with Gasteiger partial charge in [0.1, 0.15) is 5.75 Å². The van der Waals surface area contributed by atoms with Crippen LogP contribution in [0, 0.1) is 11.3 Å². The standard InChI is InChI=1S/C20H22ClNO/c1-15(19-9-5-6-10-20(19)21)7-3-4-8-16-11-17(14-22)13-18(12-16)23-2/h5-6,9-13,15H,3-4,7-8H2,1-2H3. The third-order valence-corrected chi connectivity index (χ3v) is 4.46. The molecule has 3 heteroatoms. The fourth-order valence-corrected chi connectivity index (χ4v) is 3.12. The molecule has 2 nitrogen and oxygen atoms in total. The molecule has 2 aromatic carbocycles. The van der Waals surface area contributed by atoms with Gasteiger partial charge in [-0.1, -0.05) is 43.1 Å². The molecule has 120 valence electrons. The van der Waals surface area contributed by atoms with E-state index in [4.69, 9.17) is 21.6 Å². The van der Waals surface area contributed by atoms with Gasteiger partial charge in [0.2, 0.25) is 0 Å². The van der Waals surface area contributed by atoms with E-state index in [0.29, 0.717) is 11.5 Å². The Kier molecular flexibility index (Phi) is 6.50. The Bertz CT molecular complexity index is 690. The Morgan fingerprint density at radius 1 is 1.17 bits per heavy atom. The molecule has 1 atom stereocenters. The molecule has 0 aromatic heterocycles. The second-order valence-electron chi connectivity index (χ2n) is 5.85. The number of ether oxygens (including phenoxy) is 1. The maximum Gasteiger partial charge on any atom is 0.120 e. The number of hydrogen-bond acceptors (Lipinski definition) is 2. The van der Waals surface area contributed by atoms with E-state index in [1.165, 1.54) is 5.56 Å². The molecule has 0 saturated carbocycles. The summed E-state index contributed by atoms with van der Waals surface area (Å²) in [7, 11) is 1.63. The van der Waals surface area contributed by atoms with Gasteiger partial charge in [0.15, 0.2) is 0 Å². The predicted octanol–water partition coefficient (Wildman–Crippen LogP) is 5.74. The van der Waals surface area contributed by atoms with Gasteiger partial charge in [0, 0.05) is 5.02 Å². The summed E-state index contributed by atoms with van der Waals surface area (Å²) in [5.74, 6) is 1.21. The maximum atomic E-state index is 9.06. The van der Waals surface area contributed by atoms with E-state index in [0.717, 1.165) is 42.0 Å². The number of aryl methyl sites for hydroxylation is 1. The summed E-state index contributed by atoms with van der Waals surface area (Å²) in [5, 5.41) is 9.91. The monoisotopic (exact) mass is 327 g/mol. The Balaban J connectivity index is 1.86. The Labute approximate surface area is 143 Å². The van der Waals surface area contributed by atoms with Gasteiger partial charge < -0.3 is 4.74 Å². The Morgan fingerprint density at radius 2 is 1.96 bits per heavy atom. The van der Waals surface area contributed by atoms with Crippen LogP contribution in [-0.4, -0.2) is 7.11 Å². The summed E-state index contributed by atoms with van der Waals surface area (Å²) in [6.45, 7) is 2.22. The van der Waals surface area contributed by atoms with E-state index in [2.05, 4.69) is 19.1 Å². The first kappa shape index (κ1) is 17.4. The topological polar surface area (TPSA) is 33.0 Å². The van der Waals surface area contributed by atoms with Gasteiger partial charge in [0.05, 0.1) is 18.7 Å². The number of nitrogens with zero attached hydrogens (tertiary/aromatic N) is 1. The molecule has 0 bridgehead atoms. The molecule has 0 N–H and O–H groups in total. The third-order valence-electron chi connectivity index (χ3n) is 4.12. The van der Waals surface area contributed by atoms with E-state index in [1.54, 1.807) is 13.2 Å². The Hall–Kier alpha value is -1.98. The minimum Gasteiger partial charge on any atom is -0.497 e. The van der Waals surface area contributed by atoms with Crippen LogP contribution in [0.25, 0.3) is 0 Å². The molecule has 2 rings (SSSR count). The first-order chi connectivity index (χ1) is 11.1. The molecule has 1 unspecified atom stereocenters. The van der Waals surface area contributed by atoms with E-state index >= 15 is 0 Å². The van der Waals surface area contributed by atoms with Crippen LogP contribution in [0.4, 0.5) is 0 Å². The van der Waals surface area contributed by atoms with Crippen molar-refractivity contribution in [3.8, 4) is 11.8 Å². The number of halogens is 1. The number of benzene rings is 2. The van der Waals surface area contributed by atoms with Crippen LogP contribution >= 0.6 is 11.6 Å². The lowest BCUT2D eigenvalue weighted by Gasteiger charge is -2.13. The highest BCUT2D eigenvalue weighted by Gasteiger charge is 2.09. The molecule has 0 aliphatic rings. The zero-order valence-electron chi connectivity index (χ0n) is 13.7. The predicted molar refractivity (Wildman–Crippen MR) is 95.1 cm³/mol. The Morgan fingerprint density at radius 3 is 2.65 bits per heavy atom. The summed E-state index contributed by atoms with van der Waals surface area (Å²) >= 11 is 6.25. The van der Waals surface area contributed by atoms with Crippen molar-refractivity contribution >= 4 is 11.6 Å². The minimum absolute atomic E-state index is 0.462.